The zero-order valence-corrected chi connectivity index (χ0v) is 11.4. The summed E-state index contributed by atoms with van der Waals surface area (Å²) >= 11 is 0. The number of nitro groups is 1. The van der Waals surface area contributed by atoms with Crippen LogP contribution < -0.4 is 5.73 Å². The molecule has 0 bridgehead atoms. The van der Waals surface area contributed by atoms with E-state index in [0.29, 0.717) is 11.4 Å². The summed E-state index contributed by atoms with van der Waals surface area (Å²) in [5.41, 5.74) is 7.21. The maximum atomic E-state index is 10.3. The van der Waals surface area contributed by atoms with Crippen molar-refractivity contribution in [1.82, 2.24) is 19.6 Å². The molecule has 0 aliphatic rings. The highest BCUT2D eigenvalue weighted by molar-refractivity contribution is 5.58. The lowest BCUT2D eigenvalue weighted by atomic mass is 10.4. The number of hydrogen-bond donors (Lipinski definition) is 1. The zero-order valence-electron chi connectivity index (χ0n) is 11.4. The van der Waals surface area contributed by atoms with Crippen molar-refractivity contribution in [3.8, 4) is 0 Å². The molecule has 0 amide bonds. The van der Waals surface area contributed by atoms with E-state index in [2.05, 4.69) is 23.4 Å². The van der Waals surface area contributed by atoms with E-state index in [1.165, 1.54) is 17.0 Å². The molecule has 8 nitrogen and oxygen atoms in total. The average Bonchev–Trinajstić information content (AvgIpc) is 2.92. The highest BCUT2D eigenvalue weighted by Crippen LogP contribution is 2.16. The maximum absolute atomic E-state index is 10.3. The molecule has 8 heteroatoms. The number of nitrogen functional groups attached to an aromatic ring is 1. The van der Waals surface area contributed by atoms with Crippen molar-refractivity contribution < 1.29 is 4.92 Å². The van der Waals surface area contributed by atoms with Gasteiger partial charge in [-0.2, -0.15) is 10.2 Å². The molecule has 0 saturated heterocycles. The van der Waals surface area contributed by atoms with Crippen LogP contribution >= 0.6 is 0 Å². The summed E-state index contributed by atoms with van der Waals surface area (Å²) in [4.78, 5) is 9.82. The first-order valence-corrected chi connectivity index (χ1v) is 5.61. The van der Waals surface area contributed by atoms with E-state index in [1.807, 2.05) is 7.05 Å². The van der Waals surface area contributed by atoms with Crippen LogP contribution in [0.5, 0.6) is 0 Å². The maximum Gasteiger partial charge on any atom is 0.314 e. The lowest BCUT2D eigenvalue weighted by Gasteiger charge is -1.82. The second-order valence-corrected chi connectivity index (χ2v) is 3.88. The topological polar surface area (TPSA) is 105 Å². The lowest BCUT2D eigenvalue weighted by Crippen LogP contribution is -1.87. The highest BCUT2D eigenvalue weighted by atomic mass is 16.6. The molecule has 0 saturated carbocycles. The van der Waals surface area contributed by atoms with Crippen LogP contribution in [0.15, 0.2) is 25.6 Å². The number of aryl methyl sites for hydroxylation is 2. The zero-order chi connectivity index (χ0) is 15.3. The van der Waals surface area contributed by atoms with Crippen LogP contribution in [0.3, 0.4) is 0 Å². The summed E-state index contributed by atoms with van der Waals surface area (Å²) in [5.74, 6) is 0. The number of anilines is 1. The minimum Gasteiger partial charge on any atom is -0.396 e. The van der Waals surface area contributed by atoms with Gasteiger partial charge in [0.2, 0.25) is 0 Å². The van der Waals surface area contributed by atoms with Crippen LogP contribution in [0.4, 0.5) is 11.4 Å². The lowest BCUT2D eigenvalue weighted by molar-refractivity contribution is -0.385. The SMILES string of the molecule is C=Cc1nn(C)cc1N.C=Cc1nn(C)cc1[N+](=O)[O-]. The molecule has 20 heavy (non-hydrogen) atoms. The van der Waals surface area contributed by atoms with E-state index in [9.17, 15) is 10.1 Å². The molecule has 2 aromatic rings. The fraction of sp³-hybridized carbons (Fsp3) is 0.167. The fourth-order valence-corrected chi connectivity index (χ4v) is 1.46. The Labute approximate surface area is 116 Å². The minimum atomic E-state index is -0.482. The first kappa shape index (κ1) is 15.2. The molecule has 0 unspecified atom stereocenters. The van der Waals surface area contributed by atoms with Gasteiger partial charge in [-0.3, -0.25) is 19.5 Å². The van der Waals surface area contributed by atoms with Gasteiger partial charge in [-0.15, -0.1) is 0 Å². The van der Waals surface area contributed by atoms with Gasteiger partial charge >= 0.3 is 5.69 Å². The van der Waals surface area contributed by atoms with Crippen molar-refractivity contribution in [3.63, 3.8) is 0 Å². The van der Waals surface area contributed by atoms with E-state index in [4.69, 9.17) is 5.73 Å². The van der Waals surface area contributed by atoms with Crippen LogP contribution in [-0.2, 0) is 14.1 Å². The largest absolute Gasteiger partial charge is 0.396 e. The quantitative estimate of drug-likeness (QED) is 0.677. The van der Waals surface area contributed by atoms with Crippen LogP contribution in [0.1, 0.15) is 11.4 Å². The predicted molar refractivity (Wildman–Crippen MR) is 77.7 cm³/mol. The molecular formula is C12H16N6O2. The summed E-state index contributed by atoms with van der Waals surface area (Å²) in [6, 6.07) is 0. The number of nitrogens with zero attached hydrogens (tertiary/aromatic N) is 5. The third kappa shape index (κ3) is 3.55. The van der Waals surface area contributed by atoms with Crippen molar-refractivity contribution in [2.75, 3.05) is 5.73 Å². The predicted octanol–water partition coefficient (Wildman–Crippen LogP) is 1.62. The molecule has 2 heterocycles. The molecule has 2 N–H and O–H groups in total. The first-order chi connectivity index (χ1) is 9.38. The summed E-state index contributed by atoms with van der Waals surface area (Å²) in [6.07, 6.45) is 6.08. The third-order valence-corrected chi connectivity index (χ3v) is 2.31. The molecule has 2 rings (SSSR count). The Hall–Kier alpha value is -2.90. The fourth-order valence-electron chi connectivity index (χ4n) is 1.46. The molecule has 0 aliphatic carbocycles. The molecular weight excluding hydrogens is 260 g/mol. The normalized spacial score (nSPS) is 9.50. The van der Waals surface area contributed by atoms with Crippen LogP contribution in [-0.4, -0.2) is 24.5 Å². The number of aromatic nitrogens is 4. The van der Waals surface area contributed by atoms with E-state index < -0.39 is 4.92 Å². The second kappa shape index (κ2) is 6.32. The number of hydrogen-bond acceptors (Lipinski definition) is 5. The van der Waals surface area contributed by atoms with Crippen molar-refractivity contribution in [2.24, 2.45) is 14.1 Å². The Morgan fingerprint density at radius 1 is 1.20 bits per heavy atom. The monoisotopic (exact) mass is 276 g/mol. The number of nitrogens with two attached hydrogens (primary N) is 1. The Morgan fingerprint density at radius 3 is 2.00 bits per heavy atom. The van der Waals surface area contributed by atoms with Gasteiger partial charge in [-0.05, 0) is 12.2 Å². The standard InChI is InChI=1S/C6H7N3O2.C6H9N3/c1-3-5-6(9(10)11)4-8(2)7-5;1-3-6-5(7)4-9(2)8-6/h3-4H,1H2,2H3;3-4H,1,7H2,2H3. The smallest absolute Gasteiger partial charge is 0.314 e. The van der Waals surface area contributed by atoms with Gasteiger partial charge in [0.05, 0.1) is 10.6 Å². The van der Waals surface area contributed by atoms with Crippen LogP contribution in [0.25, 0.3) is 12.2 Å². The Bertz CT molecular complexity index is 640. The summed E-state index contributed by atoms with van der Waals surface area (Å²) in [5, 5.41) is 18.1. The van der Waals surface area contributed by atoms with E-state index in [1.54, 1.807) is 24.0 Å². The molecule has 0 aromatic carbocycles. The van der Waals surface area contributed by atoms with Gasteiger partial charge < -0.3 is 5.73 Å². The Morgan fingerprint density at radius 2 is 1.70 bits per heavy atom. The second-order valence-electron chi connectivity index (χ2n) is 3.88. The van der Waals surface area contributed by atoms with Crippen molar-refractivity contribution in [1.29, 1.82) is 0 Å². The van der Waals surface area contributed by atoms with Crippen LogP contribution in [0, 0.1) is 10.1 Å². The van der Waals surface area contributed by atoms with Gasteiger partial charge in [-0.25, -0.2) is 0 Å². The molecule has 0 radical (unpaired) electrons. The van der Waals surface area contributed by atoms with Crippen molar-refractivity contribution >= 4 is 23.5 Å². The molecule has 0 aliphatic heterocycles. The number of rotatable bonds is 3. The van der Waals surface area contributed by atoms with Gasteiger partial charge in [0.15, 0.2) is 5.69 Å². The van der Waals surface area contributed by atoms with E-state index >= 15 is 0 Å². The van der Waals surface area contributed by atoms with E-state index in [-0.39, 0.29) is 5.69 Å². The van der Waals surface area contributed by atoms with E-state index in [0.717, 1.165) is 5.69 Å². The molecule has 0 fully saturated rings. The Balaban J connectivity index is 0.000000204. The molecule has 0 atom stereocenters. The summed E-state index contributed by atoms with van der Waals surface area (Å²) < 4.78 is 3.04. The van der Waals surface area contributed by atoms with Gasteiger partial charge in [0.25, 0.3) is 0 Å². The molecule has 106 valence electrons. The highest BCUT2D eigenvalue weighted by Gasteiger charge is 2.14. The van der Waals surface area contributed by atoms with Crippen molar-refractivity contribution in [3.05, 3.63) is 47.1 Å². The molecule has 0 spiro atoms. The van der Waals surface area contributed by atoms with Gasteiger partial charge in [0, 0.05) is 20.3 Å². The van der Waals surface area contributed by atoms with Crippen LogP contribution in [0.2, 0.25) is 0 Å². The summed E-state index contributed by atoms with van der Waals surface area (Å²) in [7, 11) is 3.45. The Kier molecular flexibility index (Phi) is 4.79. The summed E-state index contributed by atoms with van der Waals surface area (Å²) in [6.45, 7) is 6.96. The average molecular weight is 276 g/mol. The van der Waals surface area contributed by atoms with Crippen molar-refractivity contribution in [2.45, 2.75) is 0 Å². The van der Waals surface area contributed by atoms with Gasteiger partial charge in [0.1, 0.15) is 11.9 Å². The van der Waals surface area contributed by atoms with Gasteiger partial charge in [-0.1, -0.05) is 13.2 Å². The third-order valence-electron chi connectivity index (χ3n) is 2.31. The first-order valence-electron chi connectivity index (χ1n) is 5.61. The minimum absolute atomic E-state index is 0.0116. The molecule has 2 aromatic heterocycles.